The van der Waals surface area contributed by atoms with Crippen molar-refractivity contribution < 1.29 is 4.52 Å². The number of hydrogen-bond donors (Lipinski definition) is 0. The van der Waals surface area contributed by atoms with Gasteiger partial charge in [0.1, 0.15) is 5.76 Å². The largest absolute Gasteiger partial charge is 0.361 e. The van der Waals surface area contributed by atoms with Crippen molar-refractivity contribution in [1.29, 1.82) is 0 Å². The highest BCUT2D eigenvalue weighted by atomic mass is 32.2. The molecule has 2 aromatic heterocycles. The smallest absolute Gasteiger partial charge is 0.168 e. The van der Waals surface area contributed by atoms with Gasteiger partial charge >= 0.3 is 0 Å². The average molecular weight is 279 g/mol. The lowest BCUT2D eigenvalue weighted by atomic mass is 10.2. The molecule has 0 saturated carbocycles. The molecule has 104 valence electrons. The van der Waals surface area contributed by atoms with Crippen LogP contribution in [0.4, 0.5) is 0 Å². The maximum Gasteiger partial charge on any atom is 0.168 e. The van der Waals surface area contributed by atoms with Crippen LogP contribution in [-0.2, 0) is 12.3 Å². The van der Waals surface area contributed by atoms with Gasteiger partial charge in [-0.2, -0.15) is 0 Å². The Balaban J connectivity index is 2.13. The van der Waals surface area contributed by atoms with E-state index >= 15 is 0 Å². The third-order valence-electron chi connectivity index (χ3n) is 3.00. The van der Waals surface area contributed by atoms with Crippen LogP contribution in [0.15, 0.2) is 15.7 Å². The molecule has 2 rings (SSSR count). The average Bonchev–Trinajstić information content (AvgIpc) is 2.85. The van der Waals surface area contributed by atoms with Crippen LogP contribution in [0.5, 0.6) is 0 Å². The quantitative estimate of drug-likeness (QED) is 0.782. The predicted molar refractivity (Wildman–Crippen MR) is 77.3 cm³/mol. The van der Waals surface area contributed by atoms with Gasteiger partial charge in [-0.3, -0.25) is 0 Å². The zero-order chi connectivity index (χ0) is 14.0. The van der Waals surface area contributed by atoms with Crippen molar-refractivity contribution >= 4 is 11.8 Å². The summed E-state index contributed by atoms with van der Waals surface area (Å²) in [7, 11) is 0. The predicted octanol–water partition coefficient (Wildman–Crippen LogP) is 3.74. The van der Waals surface area contributed by atoms with Crippen LogP contribution in [-0.4, -0.2) is 14.7 Å². The molecular weight excluding hydrogens is 258 g/mol. The van der Waals surface area contributed by atoms with E-state index in [0.29, 0.717) is 5.92 Å². The van der Waals surface area contributed by atoms with Gasteiger partial charge in [-0.15, -0.1) is 0 Å². The van der Waals surface area contributed by atoms with Gasteiger partial charge in [0.25, 0.3) is 0 Å². The first-order valence-corrected chi connectivity index (χ1v) is 7.54. The van der Waals surface area contributed by atoms with Crippen molar-refractivity contribution in [2.75, 3.05) is 0 Å². The molecule has 0 aromatic carbocycles. The standard InChI is InChI=1S/C14H21N3OS/c1-9(2)7-17-12(5)11(4)15-14(17)19-8-13-6-10(3)18-16-13/h6,9H,7-8H2,1-5H3. The van der Waals surface area contributed by atoms with Crippen molar-refractivity contribution in [2.24, 2.45) is 5.92 Å². The molecule has 0 spiro atoms. The number of rotatable bonds is 5. The zero-order valence-electron chi connectivity index (χ0n) is 12.2. The molecule has 0 saturated heterocycles. The third kappa shape index (κ3) is 3.41. The Kier molecular flexibility index (Phi) is 4.34. The summed E-state index contributed by atoms with van der Waals surface area (Å²) in [5.74, 6) is 2.26. The van der Waals surface area contributed by atoms with E-state index in [0.717, 1.165) is 34.6 Å². The SMILES string of the molecule is Cc1cc(CSc2nc(C)c(C)n2CC(C)C)no1. The Hall–Kier alpha value is -1.23. The third-order valence-corrected chi connectivity index (χ3v) is 4.01. The van der Waals surface area contributed by atoms with Crippen molar-refractivity contribution in [3.05, 3.63) is 28.9 Å². The second-order valence-corrected chi connectivity index (χ2v) is 6.23. The van der Waals surface area contributed by atoms with E-state index in [9.17, 15) is 0 Å². The van der Waals surface area contributed by atoms with E-state index in [1.165, 1.54) is 5.69 Å². The van der Waals surface area contributed by atoms with Crippen molar-refractivity contribution in [2.45, 2.75) is 52.1 Å². The fraction of sp³-hybridized carbons (Fsp3) is 0.571. The molecule has 0 radical (unpaired) electrons. The summed E-state index contributed by atoms with van der Waals surface area (Å²) in [5, 5.41) is 5.09. The fourth-order valence-electron chi connectivity index (χ4n) is 1.94. The first kappa shape index (κ1) is 14.2. The molecule has 0 aliphatic rings. The molecule has 0 unspecified atom stereocenters. The molecule has 0 atom stereocenters. The van der Waals surface area contributed by atoms with Crippen molar-refractivity contribution in [3.63, 3.8) is 0 Å². The number of aromatic nitrogens is 3. The van der Waals surface area contributed by atoms with Crippen molar-refractivity contribution in [3.8, 4) is 0 Å². The second kappa shape index (κ2) is 5.82. The number of hydrogen-bond acceptors (Lipinski definition) is 4. The van der Waals surface area contributed by atoms with Crippen molar-refractivity contribution in [1.82, 2.24) is 14.7 Å². The van der Waals surface area contributed by atoms with Crippen LogP contribution >= 0.6 is 11.8 Å². The normalized spacial score (nSPS) is 11.5. The number of nitrogens with zero attached hydrogens (tertiary/aromatic N) is 3. The minimum Gasteiger partial charge on any atom is -0.361 e. The minimum atomic E-state index is 0.612. The number of thioether (sulfide) groups is 1. The summed E-state index contributed by atoms with van der Waals surface area (Å²) < 4.78 is 7.39. The highest BCUT2D eigenvalue weighted by Crippen LogP contribution is 2.25. The Morgan fingerprint density at radius 3 is 2.63 bits per heavy atom. The van der Waals surface area contributed by atoms with Gasteiger partial charge in [0.2, 0.25) is 0 Å². The highest BCUT2D eigenvalue weighted by molar-refractivity contribution is 7.98. The molecule has 0 aliphatic carbocycles. The number of imidazole rings is 1. The van der Waals surface area contributed by atoms with E-state index < -0.39 is 0 Å². The first-order valence-electron chi connectivity index (χ1n) is 6.56. The zero-order valence-corrected chi connectivity index (χ0v) is 13.0. The van der Waals surface area contributed by atoms with E-state index in [1.54, 1.807) is 11.8 Å². The van der Waals surface area contributed by atoms with E-state index in [1.807, 2.05) is 13.0 Å². The van der Waals surface area contributed by atoms with E-state index in [4.69, 9.17) is 4.52 Å². The summed E-state index contributed by atoms with van der Waals surface area (Å²) >= 11 is 1.72. The molecule has 0 amide bonds. The van der Waals surface area contributed by atoms with Gasteiger partial charge < -0.3 is 9.09 Å². The minimum absolute atomic E-state index is 0.612. The van der Waals surface area contributed by atoms with Crippen LogP contribution in [0, 0.1) is 26.7 Å². The van der Waals surface area contributed by atoms with Gasteiger partial charge in [0, 0.05) is 24.1 Å². The van der Waals surface area contributed by atoms with Crippen LogP contribution in [0.2, 0.25) is 0 Å². The topological polar surface area (TPSA) is 43.9 Å². The molecule has 0 fully saturated rings. The first-order chi connectivity index (χ1) is 8.97. The number of aryl methyl sites for hydroxylation is 2. The van der Waals surface area contributed by atoms with Gasteiger partial charge in [0.05, 0.1) is 11.4 Å². The molecule has 0 N–H and O–H groups in total. The van der Waals surface area contributed by atoms with Crippen LogP contribution in [0.25, 0.3) is 0 Å². The monoisotopic (exact) mass is 279 g/mol. The van der Waals surface area contributed by atoms with Gasteiger partial charge in [-0.05, 0) is 26.7 Å². The van der Waals surface area contributed by atoms with Gasteiger partial charge in [-0.1, -0.05) is 30.8 Å². The Bertz CT molecular complexity index is 557. The summed E-state index contributed by atoms with van der Waals surface area (Å²) in [6.45, 7) is 11.6. The molecule has 2 heterocycles. The molecule has 0 aliphatic heterocycles. The van der Waals surface area contributed by atoms with Crippen LogP contribution in [0.1, 0.15) is 36.7 Å². The Morgan fingerprint density at radius 2 is 2.05 bits per heavy atom. The maximum absolute atomic E-state index is 5.09. The van der Waals surface area contributed by atoms with Gasteiger partial charge in [0.15, 0.2) is 5.16 Å². The summed E-state index contributed by atoms with van der Waals surface area (Å²) in [4.78, 5) is 4.65. The summed E-state index contributed by atoms with van der Waals surface area (Å²) in [5.41, 5.74) is 3.34. The fourth-order valence-corrected chi connectivity index (χ4v) is 2.92. The maximum atomic E-state index is 5.09. The second-order valence-electron chi connectivity index (χ2n) is 5.29. The lowest BCUT2D eigenvalue weighted by molar-refractivity contribution is 0.393. The summed E-state index contributed by atoms with van der Waals surface area (Å²) in [6, 6.07) is 1.97. The lowest BCUT2D eigenvalue weighted by Gasteiger charge is -2.11. The molecule has 0 bridgehead atoms. The molecule has 19 heavy (non-hydrogen) atoms. The van der Waals surface area contributed by atoms with Crippen LogP contribution < -0.4 is 0 Å². The lowest BCUT2D eigenvalue weighted by Crippen LogP contribution is -2.07. The Morgan fingerprint density at radius 1 is 1.32 bits per heavy atom. The highest BCUT2D eigenvalue weighted by Gasteiger charge is 2.13. The van der Waals surface area contributed by atoms with E-state index in [2.05, 4.69) is 42.4 Å². The summed E-state index contributed by atoms with van der Waals surface area (Å²) in [6.07, 6.45) is 0. The molecular formula is C14H21N3OS. The van der Waals surface area contributed by atoms with Gasteiger partial charge in [-0.25, -0.2) is 4.98 Å². The van der Waals surface area contributed by atoms with Crippen LogP contribution in [0.3, 0.4) is 0 Å². The molecule has 4 nitrogen and oxygen atoms in total. The molecule has 2 aromatic rings. The molecule has 5 heteroatoms. The Labute approximate surface area is 118 Å². The van der Waals surface area contributed by atoms with E-state index in [-0.39, 0.29) is 0 Å².